The second kappa shape index (κ2) is 5.80. The smallest absolute Gasteiger partial charge is 0.0945 e. The molecule has 2 rings (SSSR count). The van der Waals surface area contributed by atoms with Gasteiger partial charge in [-0.15, -0.1) is 0 Å². The molecule has 0 fully saturated rings. The number of benzene rings is 1. The number of hydrogen-bond acceptors (Lipinski definition) is 4. The van der Waals surface area contributed by atoms with Crippen LogP contribution in [0.5, 0.6) is 0 Å². The van der Waals surface area contributed by atoms with Crippen molar-refractivity contribution in [3.63, 3.8) is 0 Å². The van der Waals surface area contributed by atoms with Crippen molar-refractivity contribution >= 4 is 16.6 Å². The number of aromatic nitrogens is 1. The minimum Gasteiger partial charge on any atom is -0.389 e. The van der Waals surface area contributed by atoms with E-state index in [0.717, 1.165) is 22.3 Å². The molecule has 0 unspecified atom stereocenters. The van der Waals surface area contributed by atoms with Crippen molar-refractivity contribution in [2.45, 2.75) is 13.0 Å². The van der Waals surface area contributed by atoms with E-state index in [9.17, 15) is 5.11 Å². The minimum absolute atomic E-state index is 0.328. The van der Waals surface area contributed by atoms with E-state index in [1.54, 1.807) is 7.11 Å². The predicted molar refractivity (Wildman–Crippen MR) is 72.9 cm³/mol. The van der Waals surface area contributed by atoms with Crippen LogP contribution in [0.1, 0.15) is 5.69 Å². The molecule has 18 heavy (non-hydrogen) atoms. The number of fused-ring (bicyclic) bond motifs is 1. The number of nitrogens with zero attached hydrogens (tertiary/aromatic N) is 1. The average Bonchev–Trinajstić information content (AvgIpc) is 2.36. The predicted octanol–water partition coefficient (Wildman–Crippen LogP) is 1.96. The zero-order chi connectivity index (χ0) is 13.0. The van der Waals surface area contributed by atoms with Crippen molar-refractivity contribution in [1.29, 1.82) is 0 Å². The highest BCUT2D eigenvalue weighted by Crippen LogP contribution is 2.22. The Morgan fingerprint density at radius 3 is 2.94 bits per heavy atom. The van der Waals surface area contributed by atoms with Crippen LogP contribution in [0.25, 0.3) is 10.9 Å². The van der Waals surface area contributed by atoms with E-state index in [4.69, 9.17) is 4.74 Å². The number of para-hydroxylation sites is 1. The summed E-state index contributed by atoms with van der Waals surface area (Å²) in [5.41, 5.74) is 2.91. The van der Waals surface area contributed by atoms with Crippen LogP contribution in [0.3, 0.4) is 0 Å². The Hall–Kier alpha value is -1.65. The normalized spacial score (nSPS) is 12.6. The molecule has 0 saturated heterocycles. The minimum atomic E-state index is -0.512. The second-order valence-electron chi connectivity index (χ2n) is 4.32. The van der Waals surface area contributed by atoms with Gasteiger partial charge in [-0.1, -0.05) is 18.2 Å². The summed E-state index contributed by atoms with van der Waals surface area (Å²) in [7, 11) is 1.58. The Morgan fingerprint density at radius 1 is 1.39 bits per heavy atom. The molecule has 1 aromatic heterocycles. The largest absolute Gasteiger partial charge is 0.389 e. The van der Waals surface area contributed by atoms with Crippen molar-refractivity contribution in [2.75, 3.05) is 25.6 Å². The maximum atomic E-state index is 9.65. The van der Waals surface area contributed by atoms with Gasteiger partial charge < -0.3 is 15.2 Å². The molecule has 0 bridgehead atoms. The molecule has 0 spiro atoms. The van der Waals surface area contributed by atoms with Crippen molar-refractivity contribution in [3.05, 3.63) is 36.0 Å². The third-order valence-corrected chi connectivity index (χ3v) is 2.73. The molecule has 4 nitrogen and oxygen atoms in total. The number of rotatable bonds is 5. The van der Waals surface area contributed by atoms with Crippen LogP contribution in [-0.2, 0) is 4.74 Å². The molecule has 1 heterocycles. The maximum Gasteiger partial charge on any atom is 0.0945 e. The van der Waals surface area contributed by atoms with E-state index in [1.165, 1.54) is 0 Å². The summed E-state index contributed by atoms with van der Waals surface area (Å²) in [5, 5.41) is 14.0. The van der Waals surface area contributed by atoms with Gasteiger partial charge in [0.15, 0.2) is 0 Å². The van der Waals surface area contributed by atoms with E-state index in [-0.39, 0.29) is 0 Å². The maximum absolute atomic E-state index is 9.65. The number of aliphatic hydroxyl groups excluding tert-OH is 1. The third-order valence-electron chi connectivity index (χ3n) is 2.73. The van der Waals surface area contributed by atoms with Crippen molar-refractivity contribution in [3.8, 4) is 0 Å². The van der Waals surface area contributed by atoms with Gasteiger partial charge in [-0.3, -0.25) is 4.98 Å². The lowest BCUT2D eigenvalue weighted by atomic mass is 10.1. The molecule has 4 heteroatoms. The standard InChI is InChI=1S/C14H18N2O2/c1-10-7-14(15-8-11(17)9-18-2)12-5-3-4-6-13(12)16-10/h3-7,11,17H,8-9H2,1-2H3,(H,15,16)/t11-/m1/s1. The van der Waals surface area contributed by atoms with Crippen LogP contribution in [0.4, 0.5) is 5.69 Å². The molecule has 1 atom stereocenters. The quantitative estimate of drug-likeness (QED) is 0.846. The van der Waals surface area contributed by atoms with Gasteiger partial charge >= 0.3 is 0 Å². The number of nitrogens with one attached hydrogen (secondary N) is 1. The van der Waals surface area contributed by atoms with Crippen LogP contribution in [0.15, 0.2) is 30.3 Å². The first kappa shape index (κ1) is 12.8. The average molecular weight is 246 g/mol. The zero-order valence-corrected chi connectivity index (χ0v) is 10.7. The van der Waals surface area contributed by atoms with Gasteiger partial charge in [-0.05, 0) is 19.1 Å². The summed E-state index contributed by atoms with van der Waals surface area (Å²) in [6.45, 7) is 2.75. The zero-order valence-electron chi connectivity index (χ0n) is 10.7. The van der Waals surface area contributed by atoms with E-state index in [1.807, 2.05) is 37.3 Å². The Labute approximate surface area is 107 Å². The molecule has 0 aliphatic rings. The van der Waals surface area contributed by atoms with Gasteiger partial charge in [0.05, 0.1) is 18.2 Å². The molecular weight excluding hydrogens is 228 g/mol. The second-order valence-corrected chi connectivity index (χ2v) is 4.32. The summed E-state index contributed by atoms with van der Waals surface area (Å²) in [4.78, 5) is 4.47. The molecule has 2 aromatic rings. The molecule has 96 valence electrons. The van der Waals surface area contributed by atoms with Gasteiger partial charge in [0.2, 0.25) is 0 Å². The highest BCUT2D eigenvalue weighted by Gasteiger charge is 2.06. The summed E-state index contributed by atoms with van der Waals surface area (Å²) in [6, 6.07) is 9.95. The molecular formula is C14H18N2O2. The fourth-order valence-corrected chi connectivity index (χ4v) is 1.93. The van der Waals surface area contributed by atoms with Crippen LogP contribution < -0.4 is 5.32 Å². The van der Waals surface area contributed by atoms with Crippen LogP contribution >= 0.6 is 0 Å². The van der Waals surface area contributed by atoms with Crippen LogP contribution in [0, 0.1) is 6.92 Å². The fraction of sp³-hybridized carbons (Fsp3) is 0.357. The molecule has 1 aromatic carbocycles. The highest BCUT2D eigenvalue weighted by atomic mass is 16.5. The van der Waals surface area contributed by atoms with E-state index in [0.29, 0.717) is 13.2 Å². The molecule has 0 radical (unpaired) electrons. The van der Waals surface area contributed by atoms with Gasteiger partial charge in [-0.2, -0.15) is 0 Å². The van der Waals surface area contributed by atoms with Crippen molar-refractivity contribution in [2.24, 2.45) is 0 Å². The Bertz CT molecular complexity index is 528. The summed E-state index contributed by atoms with van der Waals surface area (Å²) in [5.74, 6) is 0. The van der Waals surface area contributed by atoms with E-state index < -0.39 is 6.10 Å². The number of hydrogen-bond donors (Lipinski definition) is 2. The first-order valence-corrected chi connectivity index (χ1v) is 5.98. The van der Waals surface area contributed by atoms with E-state index in [2.05, 4.69) is 10.3 Å². The molecule has 0 saturated carbocycles. The Morgan fingerprint density at radius 2 is 2.17 bits per heavy atom. The Balaban J connectivity index is 2.21. The number of aryl methyl sites for hydroxylation is 1. The van der Waals surface area contributed by atoms with Gasteiger partial charge in [0, 0.05) is 30.4 Å². The lowest BCUT2D eigenvalue weighted by Crippen LogP contribution is -2.24. The summed E-state index contributed by atoms with van der Waals surface area (Å²) >= 11 is 0. The number of ether oxygens (including phenoxy) is 1. The topological polar surface area (TPSA) is 54.4 Å². The monoisotopic (exact) mass is 246 g/mol. The highest BCUT2D eigenvalue weighted by molar-refractivity contribution is 5.91. The first-order chi connectivity index (χ1) is 8.70. The lowest BCUT2D eigenvalue weighted by molar-refractivity contribution is 0.0728. The van der Waals surface area contributed by atoms with Crippen molar-refractivity contribution < 1.29 is 9.84 Å². The van der Waals surface area contributed by atoms with Crippen LogP contribution in [0.2, 0.25) is 0 Å². The third kappa shape index (κ3) is 2.97. The molecule has 0 aliphatic carbocycles. The number of aliphatic hydroxyl groups is 1. The number of anilines is 1. The SMILES string of the molecule is COC[C@H](O)CNc1cc(C)nc2ccccc12. The van der Waals surface area contributed by atoms with Crippen LogP contribution in [-0.4, -0.2) is 36.5 Å². The Kier molecular flexibility index (Phi) is 4.12. The number of methoxy groups -OCH3 is 1. The summed E-state index contributed by atoms with van der Waals surface area (Å²) in [6.07, 6.45) is -0.512. The fourth-order valence-electron chi connectivity index (χ4n) is 1.93. The van der Waals surface area contributed by atoms with Gasteiger partial charge in [-0.25, -0.2) is 0 Å². The van der Waals surface area contributed by atoms with Gasteiger partial charge in [0.25, 0.3) is 0 Å². The van der Waals surface area contributed by atoms with Crippen molar-refractivity contribution in [1.82, 2.24) is 4.98 Å². The molecule has 0 aliphatic heterocycles. The lowest BCUT2D eigenvalue weighted by Gasteiger charge is -2.14. The van der Waals surface area contributed by atoms with Gasteiger partial charge in [0.1, 0.15) is 0 Å². The summed E-state index contributed by atoms with van der Waals surface area (Å²) < 4.78 is 4.90. The van der Waals surface area contributed by atoms with E-state index >= 15 is 0 Å². The first-order valence-electron chi connectivity index (χ1n) is 5.98. The molecule has 0 amide bonds. The molecule has 2 N–H and O–H groups in total. The number of pyridine rings is 1.